The summed E-state index contributed by atoms with van der Waals surface area (Å²) in [5.41, 5.74) is 1.05. The Morgan fingerprint density at radius 2 is 2.20 bits per heavy atom. The molecule has 0 saturated carbocycles. The number of carbonyl (C=O) groups is 1. The van der Waals surface area contributed by atoms with Gasteiger partial charge >= 0.3 is 0 Å². The zero-order chi connectivity index (χ0) is 11.0. The molecule has 15 heavy (non-hydrogen) atoms. The first-order valence-corrected chi connectivity index (χ1v) is 4.94. The number of para-hydroxylation sites is 1. The van der Waals surface area contributed by atoms with Gasteiger partial charge in [0, 0.05) is 6.04 Å². The molecule has 1 amide bonds. The third-order valence-corrected chi connectivity index (χ3v) is 2.49. The molecule has 80 valence electrons. The molecule has 1 aliphatic rings. The van der Waals surface area contributed by atoms with Gasteiger partial charge in [0.25, 0.3) is 0 Å². The number of halogens is 1. The highest BCUT2D eigenvalue weighted by molar-refractivity contribution is 6.01. The predicted molar refractivity (Wildman–Crippen MR) is 57.5 cm³/mol. The zero-order valence-corrected chi connectivity index (χ0v) is 8.75. The van der Waals surface area contributed by atoms with Crippen LogP contribution < -0.4 is 10.2 Å². The van der Waals surface area contributed by atoms with Gasteiger partial charge < -0.3 is 10.2 Å². The molecule has 1 N–H and O–H groups in total. The molecule has 0 saturated heterocycles. The molecule has 1 aromatic rings. The molecule has 0 spiro atoms. The number of nitrogens with one attached hydrogen (secondary N) is 1. The molecule has 0 aliphatic carbocycles. The van der Waals surface area contributed by atoms with Crippen molar-refractivity contribution < 1.29 is 9.18 Å². The Balaban J connectivity index is 2.52. The molecule has 0 fully saturated rings. The Morgan fingerprint density at radius 3 is 2.87 bits per heavy atom. The average Bonchev–Trinajstić information content (AvgIpc) is 2.16. The van der Waals surface area contributed by atoms with Crippen LogP contribution >= 0.6 is 0 Å². The lowest BCUT2D eigenvalue weighted by Gasteiger charge is -2.34. The number of hydrogen-bond acceptors (Lipinski definition) is 2. The minimum atomic E-state index is -0.291. The molecular weight excluding hydrogens is 195 g/mol. The molecule has 2 rings (SSSR count). The summed E-state index contributed by atoms with van der Waals surface area (Å²) in [7, 11) is 0. The number of nitrogens with zero attached hydrogens (tertiary/aromatic N) is 1. The van der Waals surface area contributed by atoms with E-state index in [2.05, 4.69) is 5.32 Å². The Kier molecular flexibility index (Phi) is 2.34. The molecule has 0 aromatic heterocycles. The molecule has 1 aliphatic heterocycles. The van der Waals surface area contributed by atoms with E-state index < -0.39 is 0 Å². The van der Waals surface area contributed by atoms with E-state index in [9.17, 15) is 9.18 Å². The number of fused-ring (bicyclic) bond motifs is 1. The molecule has 1 aromatic carbocycles. The second kappa shape index (κ2) is 3.53. The van der Waals surface area contributed by atoms with E-state index in [4.69, 9.17) is 0 Å². The third-order valence-electron chi connectivity index (χ3n) is 2.49. The maximum atomic E-state index is 13.6. The molecule has 0 bridgehead atoms. The van der Waals surface area contributed by atoms with Gasteiger partial charge in [-0.3, -0.25) is 4.79 Å². The Labute approximate surface area is 87.9 Å². The molecular formula is C11H13FN2O. The van der Waals surface area contributed by atoms with Crippen molar-refractivity contribution in [1.82, 2.24) is 0 Å². The van der Waals surface area contributed by atoms with Gasteiger partial charge in [0.15, 0.2) is 0 Å². The number of carbonyl (C=O) groups excluding carboxylic acids is 1. The quantitative estimate of drug-likeness (QED) is 0.765. The zero-order valence-electron chi connectivity index (χ0n) is 8.75. The van der Waals surface area contributed by atoms with Gasteiger partial charge in [-0.1, -0.05) is 6.07 Å². The first-order valence-electron chi connectivity index (χ1n) is 4.94. The minimum Gasteiger partial charge on any atom is -0.356 e. The number of hydrogen-bond donors (Lipinski definition) is 1. The third kappa shape index (κ3) is 1.67. The summed E-state index contributed by atoms with van der Waals surface area (Å²) in [5.74, 6) is -0.386. The lowest BCUT2D eigenvalue weighted by molar-refractivity contribution is -0.115. The molecule has 0 unspecified atom stereocenters. The van der Waals surface area contributed by atoms with Crippen molar-refractivity contribution in [1.29, 1.82) is 0 Å². The lowest BCUT2D eigenvalue weighted by atomic mass is 10.1. The highest BCUT2D eigenvalue weighted by Crippen LogP contribution is 2.33. The Morgan fingerprint density at radius 1 is 1.47 bits per heavy atom. The predicted octanol–water partition coefficient (Wildman–Crippen LogP) is 1.99. The van der Waals surface area contributed by atoms with Crippen molar-refractivity contribution >= 4 is 17.3 Å². The maximum absolute atomic E-state index is 13.6. The highest BCUT2D eigenvalue weighted by atomic mass is 19.1. The van der Waals surface area contributed by atoms with Crippen LogP contribution in [0.2, 0.25) is 0 Å². The molecule has 4 heteroatoms. The second-order valence-corrected chi connectivity index (χ2v) is 3.91. The van der Waals surface area contributed by atoms with Crippen LogP contribution in [0.4, 0.5) is 15.8 Å². The van der Waals surface area contributed by atoms with Gasteiger partial charge in [0.2, 0.25) is 5.91 Å². The number of anilines is 2. The number of rotatable bonds is 1. The van der Waals surface area contributed by atoms with Crippen LogP contribution in [0.1, 0.15) is 13.8 Å². The monoisotopic (exact) mass is 208 g/mol. The summed E-state index contributed by atoms with van der Waals surface area (Å²) in [5, 5.41) is 2.66. The van der Waals surface area contributed by atoms with Crippen LogP contribution in [-0.4, -0.2) is 18.5 Å². The summed E-state index contributed by atoms with van der Waals surface area (Å²) >= 11 is 0. The summed E-state index contributed by atoms with van der Waals surface area (Å²) in [6, 6.07) is 4.82. The first kappa shape index (κ1) is 9.96. The average molecular weight is 208 g/mol. The summed E-state index contributed by atoms with van der Waals surface area (Å²) in [4.78, 5) is 13.1. The van der Waals surface area contributed by atoms with Gasteiger partial charge in [-0.25, -0.2) is 4.39 Å². The first-order chi connectivity index (χ1) is 7.09. The fraction of sp³-hybridized carbons (Fsp3) is 0.364. The maximum Gasteiger partial charge on any atom is 0.243 e. The van der Waals surface area contributed by atoms with Crippen molar-refractivity contribution in [3.8, 4) is 0 Å². The highest BCUT2D eigenvalue weighted by Gasteiger charge is 2.26. The largest absolute Gasteiger partial charge is 0.356 e. The van der Waals surface area contributed by atoms with E-state index in [-0.39, 0.29) is 24.3 Å². The summed E-state index contributed by atoms with van der Waals surface area (Å²) < 4.78 is 13.6. The molecule has 3 nitrogen and oxygen atoms in total. The second-order valence-electron chi connectivity index (χ2n) is 3.91. The van der Waals surface area contributed by atoms with Crippen molar-refractivity contribution in [2.75, 3.05) is 16.8 Å². The van der Waals surface area contributed by atoms with Crippen molar-refractivity contribution in [3.05, 3.63) is 24.0 Å². The minimum absolute atomic E-state index is 0.0956. The van der Waals surface area contributed by atoms with Gasteiger partial charge in [-0.2, -0.15) is 0 Å². The van der Waals surface area contributed by atoms with Crippen molar-refractivity contribution in [2.45, 2.75) is 19.9 Å². The van der Waals surface area contributed by atoms with Crippen LogP contribution in [0.25, 0.3) is 0 Å². The molecule has 0 radical (unpaired) electrons. The van der Waals surface area contributed by atoms with E-state index in [0.29, 0.717) is 11.4 Å². The van der Waals surface area contributed by atoms with Gasteiger partial charge in [-0.15, -0.1) is 0 Å². The van der Waals surface area contributed by atoms with Gasteiger partial charge in [0.1, 0.15) is 5.82 Å². The summed E-state index contributed by atoms with van der Waals surface area (Å²) in [6.45, 7) is 4.09. The molecule has 1 heterocycles. The van der Waals surface area contributed by atoms with E-state index >= 15 is 0 Å². The van der Waals surface area contributed by atoms with Crippen LogP contribution in [0.5, 0.6) is 0 Å². The fourth-order valence-electron chi connectivity index (χ4n) is 1.77. The van der Waals surface area contributed by atoms with Crippen LogP contribution in [0, 0.1) is 5.82 Å². The van der Waals surface area contributed by atoms with Crippen molar-refractivity contribution in [3.63, 3.8) is 0 Å². The standard InChI is InChI=1S/C11H13FN2O/c1-7(2)14-6-10(15)13-9-5-3-4-8(12)11(9)14/h3-5,7H,6H2,1-2H3,(H,13,15). The lowest BCUT2D eigenvalue weighted by Crippen LogP contribution is -2.42. The number of benzene rings is 1. The topological polar surface area (TPSA) is 32.3 Å². The van der Waals surface area contributed by atoms with E-state index in [1.165, 1.54) is 6.07 Å². The SMILES string of the molecule is CC(C)N1CC(=O)Nc2cccc(F)c21. The van der Waals surface area contributed by atoms with Gasteiger partial charge in [0.05, 0.1) is 17.9 Å². The van der Waals surface area contributed by atoms with E-state index in [1.807, 2.05) is 13.8 Å². The molecule has 0 atom stereocenters. The smallest absolute Gasteiger partial charge is 0.243 e. The summed E-state index contributed by atoms with van der Waals surface area (Å²) in [6.07, 6.45) is 0. The van der Waals surface area contributed by atoms with Crippen LogP contribution in [0.3, 0.4) is 0 Å². The van der Waals surface area contributed by atoms with Crippen LogP contribution in [0.15, 0.2) is 18.2 Å². The van der Waals surface area contributed by atoms with E-state index in [0.717, 1.165) is 0 Å². The number of amides is 1. The Bertz CT molecular complexity index is 404. The van der Waals surface area contributed by atoms with Gasteiger partial charge in [-0.05, 0) is 26.0 Å². The van der Waals surface area contributed by atoms with Crippen LogP contribution in [-0.2, 0) is 4.79 Å². The normalized spacial score (nSPS) is 15.2. The Hall–Kier alpha value is -1.58. The van der Waals surface area contributed by atoms with E-state index in [1.54, 1.807) is 17.0 Å². The fourth-order valence-corrected chi connectivity index (χ4v) is 1.77. The van der Waals surface area contributed by atoms with Crippen molar-refractivity contribution in [2.24, 2.45) is 0 Å².